The Balaban J connectivity index is 2.21. The smallest absolute Gasteiger partial charge is 0.275 e. The van der Waals surface area contributed by atoms with E-state index in [1.54, 1.807) is 5.51 Å². The quantitative estimate of drug-likeness (QED) is 0.864. The molecule has 1 aromatic carbocycles. The van der Waals surface area contributed by atoms with Gasteiger partial charge in [-0.1, -0.05) is 18.2 Å². The summed E-state index contributed by atoms with van der Waals surface area (Å²) in [5.41, 5.74) is 4.07. The summed E-state index contributed by atoms with van der Waals surface area (Å²) in [6.45, 7) is 3.86. The summed E-state index contributed by atoms with van der Waals surface area (Å²) < 4.78 is 0. The lowest BCUT2D eigenvalue weighted by Crippen LogP contribution is -2.14. The fourth-order valence-corrected chi connectivity index (χ4v) is 1.99. The third-order valence-electron chi connectivity index (χ3n) is 2.35. The Bertz CT molecular complexity index is 519. The number of aromatic nitrogens is 1. The van der Waals surface area contributed by atoms with Crippen LogP contribution in [0.25, 0.3) is 0 Å². The molecule has 0 saturated heterocycles. The van der Waals surface area contributed by atoms with Crippen LogP contribution < -0.4 is 5.32 Å². The summed E-state index contributed by atoms with van der Waals surface area (Å²) in [6, 6.07) is 7.69. The fraction of sp³-hybridized carbons (Fsp3) is 0.167. The zero-order valence-electron chi connectivity index (χ0n) is 9.15. The summed E-state index contributed by atoms with van der Waals surface area (Å²) >= 11 is 1.48. The molecule has 1 heterocycles. The minimum Gasteiger partial charge on any atom is -0.320 e. The van der Waals surface area contributed by atoms with Crippen molar-refractivity contribution in [3.63, 3.8) is 0 Å². The highest BCUT2D eigenvalue weighted by molar-refractivity contribution is 7.09. The van der Waals surface area contributed by atoms with Crippen LogP contribution in [0.1, 0.15) is 20.9 Å². The zero-order chi connectivity index (χ0) is 11.5. The largest absolute Gasteiger partial charge is 0.320 e. The molecule has 1 amide bonds. The topological polar surface area (TPSA) is 42.0 Å². The Labute approximate surface area is 98.2 Å². The van der Waals surface area contributed by atoms with Crippen molar-refractivity contribution in [2.45, 2.75) is 13.8 Å². The van der Waals surface area contributed by atoms with Crippen LogP contribution in [0.2, 0.25) is 0 Å². The van der Waals surface area contributed by atoms with Crippen LogP contribution in [-0.4, -0.2) is 10.9 Å². The van der Waals surface area contributed by atoms with Gasteiger partial charge in [-0.05, 0) is 25.5 Å². The molecule has 0 aliphatic heterocycles. The normalized spacial score (nSPS) is 10.1. The van der Waals surface area contributed by atoms with Crippen LogP contribution >= 0.6 is 11.3 Å². The molecule has 0 unspecified atom stereocenters. The Morgan fingerprint density at radius 1 is 1.31 bits per heavy atom. The van der Waals surface area contributed by atoms with Gasteiger partial charge in [-0.2, -0.15) is 0 Å². The van der Waals surface area contributed by atoms with E-state index in [1.165, 1.54) is 11.3 Å². The lowest BCUT2D eigenvalue weighted by atomic mass is 10.2. The number of carbonyl (C=O) groups is 1. The van der Waals surface area contributed by atoms with E-state index in [9.17, 15) is 4.79 Å². The van der Waals surface area contributed by atoms with Gasteiger partial charge in [0.1, 0.15) is 5.69 Å². The summed E-state index contributed by atoms with van der Waals surface area (Å²) in [7, 11) is 0. The monoisotopic (exact) mass is 232 g/mol. The van der Waals surface area contributed by atoms with Crippen LogP contribution in [0.5, 0.6) is 0 Å². The summed E-state index contributed by atoms with van der Waals surface area (Å²) in [4.78, 5) is 16.9. The van der Waals surface area contributed by atoms with E-state index < -0.39 is 0 Å². The lowest BCUT2D eigenvalue weighted by molar-refractivity contribution is 0.102. The molecule has 0 atom stereocenters. The number of nitrogens with zero attached hydrogens (tertiary/aromatic N) is 1. The number of benzene rings is 1. The van der Waals surface area contributed by atoms with Crippen LogP contribution in [0, 0.1) is 13.8 Å². The first-order chi connectivity index (χ1) is 7.68. The number of rotatable bonds is 2. The number of hydrogen-bond acceptors (Lipinski definition) is 3. The number of amides is 1. The molecule has 0 fully saturated rings. The van der Waals surface area contributed by atoms with Gasteiger partial charge in [-0.3, -0.25) is 4.79 Å². The second-order valence-electron chi connectivity index (χ2n) is 3.53. The molecule has 4 heteroatoms. The number of aryl methyl sites for hydroxylation is 2. The van der Waals surface area contributed by atoms with E-state index in [-0.39, 0.29) is 5.91 Å². The molecular weight excluding hydrogens is 220 g/mol. The van der Waals surface area contributed by atoms with Crippen LogP contribution in [-0.2, 0) is 0 Å². The first-order valence-electron chi connectivity index (χ1n) is 4.95. The molecule has 1 aromatic heterocycles. The second kappa shape index (κ2) is 4.45. The van der Waals surface area contributed by atoms with Crippen molar-refractivity contribution in [3.8, 4) is 0 Å². The SMILES string of the molecule is Cc1ccccc1NC(=O)c1ncsc1C. The highest BCUT2D eigenvalue weighted by Gasteiger charge is 2.12. The van der Waals surface area contributed by atoms with E-state index in [4.69, 9.17) is 0 Å². The number of nitrogens with one attached hydrogen (secondary N) is 1. The van der Waals surface area contributed by atoms with Crippen molar-refractivity contribution in [2.24, 2.45) is 0 Å². The predicted octanol–water partition coefficient (Wildman–Crippen LogP) is 3.01. The van der Waals surface area contributed by atoms with Gasteiger partial charge in [0.15, 0.2) is 0 Å². The van der Waals surface area contributed by atoms with Crippen molar-refractivity contribution in [1.29, 1.82) is 0 Å². The van der Waals surface area contributed by atoms with Crippen molar-refractivity contribution in [1.82, 2.24) is 4.98 Å². The molecule has 0 spiro atoms. The Morgan fingerprint density at radius 3 is 2.69 bits per heavy atom. The molecule has 82 valence electrons. The van der Waals surface area contributed by atoms with Gasteiger partial charge >= 0.3 is 0 Å². The molecule has 0 radical (unpaired) electrons. The Hall–Kier alpha value is -1.68. The van der Waals surface area contributed by atoms with Gasteiger partial charge in [0.05, 0.1) is 5.51 Å². The number of carbonyl (C=O) groups excluding carboxylic acids is 1. The first-order valence-corrected chi connectivity index (χ1v) is 5.83. The van der Waals surface area contributed by atoms with E-state index in [2.05, 4.69) is 10.3 Å². The van der Waals surface area contributed by atoms with E-state index in [1.807, 2.05) is 38.1 Å². The fourth-order valence-electron chi connectivity index (χ4n) is 1.42. The molecule has 0 saturated carbocycles. The number of anilines is 1. The summed E-state index contributed by atoms with van der Waals surface area (Å²) in [5, 5.41) is 2.86. The minimum atomic E-state index is -0.145. The maximum absolute atomic E-state index is 11.9. The van der Waals surface area contributed by atoms with Gasteiger partial charge in [0.25, 0.3) is 5.91 Å². The van der Waals surface area contributed by atoms with Crippen molar-refractivity contribution in [2.75, 3.05) is 5.32 Å². The highest BCUT2D eigenvalue weighted by atomic mass is 32.1. The van der Waals surface area contributed by atoms with Gasteiger partial charge in [0.2, 0.25) is 0 Å². The average Bonchev–Trinajstić information content (AvgIpc) is 2.68. The second-order valence-corrected chi connectivity index (χ2v) is 4.59. The Kier molecular flexibility index (Phi) is 3.01. The van der Waals surface area contributed by atoms with E-state index >= 15 is 0 Å². The predicted molar refractivity (Wildman–Crippen MR) is 66.0 cm³/mol. The molecular formula is C12H12N2OS. The lowest BCUT2D eigenvalue weighted by Gasteiger charge is -2.06. The first kappa shape index (κ1) is 10.8. The molecule has 2 aromatic rings. The van der Waals surface area contributed by atoms with Crippen LogP contribution in [0.4, 0.5) is 5.69 Å². The van der Waals surface area contributed by atoms with Crippen LogP contribution in [0.15, 0.2) is 29.8 Å². The van der Waals surface area contributed by atoms with E-state index in [0.717, 1.165) is 16.1 Å². The maximum Gasteiger partial charge on any atom is 0.275 e. The molecule has 0 aliphatic rings. The number of para-hydroxylation sites is 1. The molecule has 3 nitrogen and oxygen atoms in total. The molecule has 0 aliphatic carbocycles. The minimum absolute atomic E-state index is 0.145. The standard InChI is InChI=1S/C12H12N2OS/c1-8-5-3-4-6-10(8)14-12(15)11-9(2)16-7-13-11/h3-7H,1-2H3,(H,14,15). The number of hydrogen-bond donors (Lipinski definition) is 1. The van der Waals surface area contributed by atoms with Crippen molar-refractivity contribution < 1.29 is 4.79 Å². The van der Waals surface area contributed by atoms with Crippen molar-refractivity contribution >= 4 is 22.9 Å². The highest BCUT2D eigenvalue weighted by Crippen LogP contribution is 2.16. The maximum atomic E-state index is 11.9. The van der Waals surface area contributed by atoms with Gasteiger partial charge in [-0.15, -0.1) is 11.3 Å². The van der Waals surface area contributed by atoms with E-state index in [0.29, 0.717) is 5.69 Å². The molecule has 0 bridgehead atoms. The number of thiazole rings is 1. The molecule has 2 rings (SSSR count). The van der Waals surface area contributed by atoms with Gasteiger partial charge in [0, 0.05) is 10.6 Å². The molecule has 16 heavy (non-hydrogen) atoms. The van der Waals surface area contributed by atoms with Gasteiger partial charge < -0.3 is 5.32 Å². The third kappa shape index (κ3) is 2.12. The summed E-state index contributed by atoms with van der Waals surface area (Å²) in [6.07, 6.45) is 0. The summed E-state index contributed by atoms with van der Waals surface area (Å²) in [5.74, 6) is -0.145. The van der Waals surface area contributed by atoms with Crippen molar-refractivity contribution in [3.05, 3.63) is 45.9 Å². The zero-order valence-corrected chi connectivity index (χ0v) is 9.97. The Morgan fingerprint density at radius 2 is 2.06 bits per heavy atom. The van der Waals surface area contributed by atoms with Gasteiger partial charge in [-0.25, -0.2) is 4.98 Å². The van der Waals surface area contributed by atoms with Crippen LogP contribution in [0.3, 0.4) is 0 Å². The molecule has 1 N–H and O–H groups in total. The third-order valence-corrected chi connectivity index (χ3v) is 3.11. The average molecular weight is 232 g/mol.